The Morgan fingerprint density at radius 2 is 1.91 bits per heavy atom. The number of rotatable bonds is 8. The van der Waals surface area contributed by atoms with Crippen LogP contribution in [0.4, 0.5) is 0 Å². The Balaban J connectivity index is 1.73. The lowest BCUT2D eigenvalue weighted by Crippen LogP contribution is -2.27. The highest BCUT2D eigenvalue weighted by Crippen LogP contribution is 2.22. The molecule has 0 fully saturated rings. The van der Waals surface area contributed by atoms with Crippen LogP contribution in [0.25, 0.3) is 11.3 Å². The molecule has 0 aliphatic heterocycles. The highest BCUT2D eigenvalue weighted by Gasteiger charge is 2.07. The fourth-order valence-electron chi connectivity index (χ4n) is 2.22. The first-order valence-corrected chi connectivity index (χ1v) is 7.71. The van der Waals surface area contributed by atoms with E-state index in [9.17, 15) is 4.79 Å². The second-order valence-electron chi connectivity index (χ2n) is 5.64. The zero-order chi connectivity index (χ0) is 15.8. The molecule has 0 aliphatic carbocycles. The summed E-state index contributed by atoms with van der Waals surface area (Å²) in [5.74, 6) is 1.78. The molecular weight excluding hydrogens is 276 g/mol. The van der Waals surface area contributed by atoms with Gasteiger partial charge < -0.3 is 14.6 Å². The smallest absolute Gasteiger partial charge is 0.220 e. The lowest BCUT2D eigenvalue weighted by molar-refractivity contribution is -0.121. The summed E-state index contributed by atoms with van der Waals surface area (Å²) < 4.78 is 5.79. The molecule has 0 saturated carbocycles. The van der Waals surface area contributed by atoms with Crippen molar-refractivity contribution in [3.63, 3.8) is 0 Å². The van der Waals surface area contributed by atoms with E-state index in [4.69, 9.17) is 4.42 Å². The minimum absolute atomic E-state index is 0.0800. The van der Waals surface area contributed by atoms with E-state index < -0.39 is 0 Å². The third-order valence-electron chi connectivity index (χ3n) is 3.42. The van der Waals surface area contributed by atoms with Crippen LogP contribution in [0.5, 0.6) is 0 Å². The maximum Gasteiger partial charge on any atom is 0.220 e. The largest absolute Gasteiger partial charge is 0.461 e. The summed E-state index contributed by atoms with van der Waals surface area (Å²) in [6, 6.07) is 13.9. The Morgan fingerprint density at radius 3 is 2.64 bits per heavy atom. The first-order chi connectivity index (χ1) is 10.6. The third kappa shape index (κ3) is 5.37. The summed E-state index contributed by atoms with van der Waals surface area (Å²) in [4.78, 5) is 13.9. The molecule has 0 bridgehead atoms. The molecule has 2 rings (SSSR count). The molecule has 1 heterocycles. The zero-order valence-corrected chi connectivity index (χ0v) is 13.3. The average molecular weight is 300 g/mol. The highest BCUT2D eigenvalue weighted by atomic mass is 16.3. The molecule has 22 heavy (non-hydrogen) atoms. The maximum atomic E-state index is 11.8. The summed E-state index contributed by atoms with van der Waals surface area (Å²) >= 11 is 0. The van der Waals surface area contributed by atoms with Gasteiger partial charge in [-0.3, -0.25) is 4.79 Å². The second kappa shape index (κ2) is 8.39. The van der Waals surface area contributed by atoms with E-state index >= 15 is 0 Å². The molecule has 2 aromatic rings. The van der Waals surface area contributed by atoms with Gasteiger partial charge in [-0.1, -0.05) is 30.3 Å². The van der Waals surface area contributed by atoms with Crippen LogP contribution >= 0.6 is 0 Å². The number of nitrogens with one attached hydrogen (secondary N) is 1. The van der Waals surface area contributed by atoms with Crippen molar-refractivity contribution < 1.29 is 9.21 Å². The molecule has 1 aromatic heterocycles. The Hall–Kier alpha value is -2.07. The van der Waals surface area contributed by atoms with Gasteiger partial charge >= 0.3 is 0 Å². The van der Waals surface area contributed by atoms with Crippen LogP contribution in [0.3, 0.4) is 0 Å². The molecule has 0 atom stereocenters. The molecule has 4 nitrogen and oxygen atoms in total. The Morgan fingerprint density at radius 1 is 1.14 bits per heavy atom. The predicted octanol–water partition coefficient (Wildman–Crippen LogP) is 2.95. The highest BCUT2D eigenvalue weighted by molar-refractivity contribution is 5.76. The van der Waals surface area contributed by atoms with E-state index in [0.717, 1.165) is 36.6 Å². The molecule has 0 aliphatic rings. The van der Waals surface area contributed by atoms with Crippen LogP contribution in [0, 0.1) is 0 Å². The van der Waals surface area contributed by atoms with Crippen LogP contribution in [-0.4, -0.2) is 38.0 Å². The van der Waals surface area contributed by atoms with Crippen molar-refractivity contribution in [1.29, 1.82) is 0 Å². The van der Waals surface area contributed by atoms with Crippen LogP contribution in [0.2, 0.25) is 0 Å². The van der Waals surface area contributed by atoms with Crippen molar-refractivity contribution in [2.24, 2.45) is 0 Å². The number of benzene rings is 1. The van der Waals surface area contributed by atoms with Crippen molar-refractivity contribution in [2.45, 2.75) is 19.3 Å². The lowest BCUT2D eigenvalue weighted by Gasteiger charge is -2.09. The van der Waals surface area contributed by atoms with Crippen LogP contribution < -0.4 is 5.32 Å². The maximum absolute atomic E-state index is 11.8. The van der Waals surface area contributed by atoms with E-state index in [1.807, 2.05) is 56.6 Å². The molecule has 1 amide bonds. The number of carbonyl (C=O) groups excluding carboxylic acids is 1. The van der Waals surface area contributed by atoms with Gasteiger partial charge in [-0.15, -0.1) is 0 Å². The van der Waals surface area contributed by atoms with Crippen molar-refractivity contribution in [2.75, 3.05) is 27.2 Å². The van der Waals surface area contributed by atoms with E-state index in [0.29, 0.717) is 12.8 Å². The lowest BCUT2D eigenvalue weighted by atomic mass is 10.2. The topological polar surface area (TPSA) is 45.5 Å². The van der Waals surface area contributed by atoms with Gasteiger partial charge in [-0.05, 0) is 39.2 Å². The number of nitrogens with zero attached hydrogens (tertiary/aromatic N) is 1. The minimum Gasteiger partial charge on any atom is -0.461 e. The summed E-state index contributed by atoms with van der Waals surface area (Å²) in [6.45, 7) is 1.71. The van der Waals surface area contributed by atoms with Crippen molar-refractivity contribution >= 4 is 5.91 Å². The standard InChI is InChI=1S/C18H24N2O2/c1-20(2)14-6-13-19-18(21)12-10-16-9-11-17(22-16)15-7-4-3-5-8-15/h3-5,7-9,11H,6,10,12-14H2,1-2H3,(H,19,21). The van der Waals surface area contributed by atoms with Crippen molar-refractivity contribution in [3.8, 4) is 11.3 Å². The summed E-state index contributed by atoms with van der Waals surface area (Å²) in [6.07, 6.45) is 2.06. The first-order valence-electron chi connectivity index (χ1n) is 7.71. The van der Waals surface area contributed by atoms with Gasteiger partial charge in [-0.25, -0.2) is 0 Å². The van der Waals surface area contributed by atoms with Gasteiger partial charge in [0.1, 0.15) is 11.5 Å². The zero-order valence-electron chi connectivity index (χ0n) is 13.3. The fraction of sp³-hybridized carbons (Fsp3) is 0.389. The Bertz CT molecular complexity index is 576. The number of furan rings is 1. The van der Waals surface area contributed by atoms with Crippen LogP contribution in [0.15, 0.2) is 46.9 Å². The number of hydrogen-bond acceptors (Lipinski definition) is 3. The normalized spacial score (nSPS) is 10.9. The number of aryl methyl sites for hydroxylation is 1. The molecule has 4 heteroatoms. The molecule has 118 valence electrons. The summed E-state index contributed by atoms with van der Waals surface area (Å²) in [5, 5.41) is 2.94. The Kier molecular flexibility index (Phi) is 6.22. The van der Waals surface area contributed by atoms with Gasteiger partial charge in [0.2, 0.25) is 5.91 Å². The predicted molar refractivity (Wildman–Crippen MR) is 88.6 cm³/mol. The molecule has 0 unspecified atom stereocenters. The number of amides is 1. The molecule has 0 radical (unpaired) electrons. The fourth-order valence-corrected chi connectivity index (χ4v) is 2.22. The molecule has 0 spiro atoms. The SMILES string of the molecule is CN(C)CCCNC(=O)CCc1ccc(-c2ccccc2)o1. The summed E-state index contributed by atoms with van der Waals surface area (Å²) in [7, 11) is 4.06. The van der Waals surface area contributed by atoms with E-state index in [-0.39, 0.29) is 5.91 Å². The number of hydrogen-bond donors (Lipinski definition) is 1. The van der Waals surface area contributed by atoms with Gasteiger partial charge in [0, 0.05) is 24.9 Å². The minimum atomic E-state index is 0.0800. The van der Waals surface area contributed by atoms with E-state index in [1.54, 1.807) is 0 Å². The number of carbonyl (C=O) groups is 1. The average Bonchev–Trinajstić information content (AvgIpc) is 2.99. The molecule has 0 saturated heterocycles. The second-order valence-corrected chi connectivity index (χ2v) is 5.64. The molecular formula is C18H24N2O2. The third-order valence-corrected chi connectivity index (χ3v) is 3.42. The van der Waals surface area contributed by atoms with Gasteiger partial charge in [0.05, 0.1) is 0 Å². The molecule has 1 N–H and O–H groups in total. The van der Waals surface area contributed by atoms with Crippen LogP contribution in [-0.2, 0) is 11.2 Å². The summed E-state index contributed by atoms with van der Waals surface area (Å²) in [5.41, 5.74) is 1.06. The van der Waals surface area contributed by atoms with Gasteiger partial charge in [0.15, 0.2) is 0 Å². The quantitative estimate of drug-likeness (QED) is 0.762. The molecule has 1 aromatic carbocycles. The van der Waals surface area contributed by atoms with Crippen molar-refractivity contribution in [3.05, 3.63) is 48.2 Å². The van der Waals surface area contributed by atoms with Crippen molar-refractivity contribution in [1.82, 2.24) is 10.2 Å². The first kappa shape index (κ1) is 16.3. The van der Waals surface area contributed by atoms with Gasteiger partial charge in [0.25, 0.3) is 0 Å². The van der Waals surface area contributed by atoms with E-state index in [1.165, 1.54) is 0 Å². The van der Waals surface area contributed by atoms with Crippen LogP contribution in [0.1, 0.15) is 18.6 Å². The van der Waals surface area contributed by atoms with Gasteiger partial charge in [-0.2, -0.15) is 0 Å². The monoisotopic (exact) mass is 300 g/mol. The Labute approximate surface area is 132 Å². The van der Waals surface area contributed by atoms with E-state index in [2.05, 4.69) is 10.2 Å².